The molecule has 6 heteroatoms. The number of sulfonamides is 1. The quantitative estimate of drug-likeness (QED) is 0.877. The number of piperidine rings is 1. The molecule has 2 unspecified atom stereocenters. The first-order chi connectivity index (χ1) is 12.5. The van der Waals surface area contributed by atoms with Crippen LogP contribution >= 0.6 is 0 Å². The van der Waals surface area contributed by atoms with Gasteiger partial charge in [-0.3, -0.25) is 4.79 Å². The standard InChI is InChI=1S/C20H24N2O3S/c1-16(17-10-4-2-5-11-17)21-20(23)19-14-8-9-15-22(19)26(24,25)18-12-6-3-7-13-18/h2-7,10-13,16,19H,8-9,14-15H2,1H3,(H,21,23). The number of nitrogens with one attached hydrogen (secondary N) is 1. The second-order valence-corrected chi connectivity index (χ2v) is 8.47. The average Bonchev–Trinajstić information content (AvgIpc) is 2.69. The van der Waals surface area contributed by atoms with Crippen LogP contribution in [0.2, 0.25) is 0 Å². The Morgan fingerprint density at radius 2 is 1.65 bits per heavy atom. The van der Waals surface area contributed by atoms with Crippen molar-refractivity contribution >= 4 is 15.9 Å². The van der Waals surface area contributed by atoms with Crippen LogP contribution in [0, 0.1) is 0 Å². The lowest BCUT2D eigenvalue weighted by molar-refractivity contribution is -0.126. The summed E-state index contributed by atoms with van der Waals surface area (Å²) in [5, 5.41) is 2.97. The predicted octanol–water partition coefficient (Wildman–Crippen LogP) is 3.11. The minimum absolute atomic E-state index is 0.174. The molecule has 0 radical (unpaired) electrons. The van der Waals surface area contributed by atoms with Crippen LogP contribution in [0.25, 0.3) is 0 Å². The molecule has 3 rings (SSSR count). The normalized spacial score (nSPS) is 19.7. The van der Waals surface area contributed by atoms with E-state index in [-0.39, 0.29) is 16.8 Å². The van der Waals surface area contributed by atoms with Gasteiger partial charge in [-0.1, -0.05) is 55.0 Å². The van der Waals surface area contributed by atoms with Crippen LogP contribution in [0.1, 0.15) is 37.8 Å². The molecule has 1 N–H and O–H groups in total. The smallest absolute Gasteiger partial charge is 0.243 e. The highest BCUT2D eigenvalue weighted by Crippen LogP contribution is 2.26. The first kappa shape index (κ1) is 18.6. The van der Waals surface area contributed by atoms with Gasteiger partial charge in [0.15, 0.2) is 0 Å². The summed E-state index contributed by atoms with van der Waals surface area (Å²) in [5.74, 6) is -0.236. The van der Waals surface area contributed by atoms with Crippen molar-refractivity contribution in [3.8, 4) is 0 Å². The Balaban J connectivity index is 1.79. The maximum absolute atomic E-state index is 13.0. The van der Waals surface area contributed by atoms with Gasteiger partial charge in [0, 0.05) is 6.54 Å². The third kappa shape index (κ3) is 3.97. The second kappa shape index (κ2) is 8.01. The SMILES string of the molecule is CC(NC(=O)C1CCCCN1S(=O)(=O)c1ccccc1)c1ccccc1. The van der Waals surface area contributed by atoms with E-state index in [9.17, 15) is 13.2 Å². The minimum atomic E-state index is -3.68. The third-order valence-corrected chi connectivity index (χ3v) is 6.69. The molecule has 26 heavy (non-hydrogen) atoms. The van der Waals surface area contributed by atoms with Crippen LogP contribution in [0.15, 0.2) is 65.6 Å². The van der Waals surface area contributed by atoms with Crippen molar-refractivity contribution in [2.75, 3.05) is 6.54 Å². The molecule has 5 nitrogen and oxygen atoms in total. The molecule has 0 saturated carbocycles. The van der Waals surface area contributed by atoms with Crippen molar-refractivity contribution in [1.29, 1.82) is 0 Å². The van der Waals surface area contributed by atoms with E-state index in [1.54, 1.807) is 30.3 Å². The summed E-state index contributed by atoms with van der Waals surface area (Å²) < 4.78 is 27.4. The Hall–Kier alpha value is -2.18. The number of rotatable bonds is 5. The molecule has 2 atom stereocenters. The zero-order valence-corrected chi connectivity index (χ0v) is 15.7. The fraction of sp³-hybridized carbons (Fsp3) is 0.350. The summed E-state index contributed by atoms with van der Waals surface area (Å²) in [4.78, 5) is 13.1. The lowest BCUT2D eigenvalue weighted by atomic mass is 10.0. The van der Waals surface area contributed by atoms with Crippen molar-refractivity contribution in [2.45, 2.75) is 43.2 Å². The highest BCUT2D eigenvalue weighted by molar-refractivity contribution is 7.89. The molecular weight excluding hydrogens is 348 g/mol. The van der Waals surface area contributed by atoms with Gasteiger partial charge >= 0.3 is 0 Å². The second-order valence-electron chi connectivity index (χ2n) is 6.58. The van der Waals surface area contributed by atoms with Gasteiger partial charge in [0.05, 0.1) is 10.9 Å². The molecule has 0 spiro atoms. The van der Waals surface area contributed by atoms with Crippen molar-refractivity contribution in [3.63, 3.8) is 0 Å². The lowest BCUT2D eigenvalue weighted by Gasteiger charge is -2.34. The zero-order valence-electron chi connectivity index (χ0n) is 14.8. The van der Waals surface area contributed by atoms with Crippen LogP contribution in [0.4, 0.5) is 0 Å². The van der Waals surface area contributed by atoms with Crippen LogP contribution in [-0.4, -0.2) is 31.2 Å². The van der Waals surface area contributed by atoms with E-state index < -0.39 is 16.1 Å². The van der Waals surface area contributed by atoms with Gasteiger partial charge in [-0.05, 0) is 37.5 Å². The molecule has 138 valence electrons. The number of nitrogens with zero attached hydrogens (tertiary/aromatic N) is 1. The summed E-state index contributed by atoms with van der Waals surface area (Å²) >= 11 is 0. The highest BCUT2D eigenvalue weighted by Gasteiger charge is 2.37. The Morgan fingerprint density at radius 3 is 2.31 bits per heavy atom. The molecule has 0 aromatic heterocycles. The van der Waals surface area contributed by atoms with Gasteiger partial charge in [0.25, 0.3) is 0 Å². The summed E-state index contributed by atoms with van der Waals surface area (Å²) in [6.45, 7) is 2.28. The molecule has 1 fully saturated rings. The number of hydrogen-bond donors (Lipinski definition) is 1. The van der Waals surface area contributed by atoms with Crippen LogP contribution in [0.5, 0.6) is 0 Å². The minimum Gasteiger partial charge on any atom is -0.348 e. The zero-order chi connectivity index (χ0) is 18.6. The lowest BCUT2D eigenvalue weighted by Crippen LogP contribution is -2.52. The van der Waals surface area contributed by atoms with E-state index in [0.717, 1.165) is 18.4 Å². The van der Waals surface area contributed by atoms with Gasteiger partial charge in [0.2, 0.25) is 15.9 Å². The Kier molecular flexibility index (Phi) is 5.74. The largest absolute Gasteiger partial charge is 0.348 e. The first-order valence-electron chi connectivity index (χ1n) is 8.92. The topological polar surface area (TPSA) is 66.5 Å². The molecule has 1 saturated heterocycles. The first-order valence-corrected chi connectivity index (χ1v) is 10.4. The van der Waals surface area contributed by atoms with Crippen LogP contribution in [0.3, 0.4) is 0 Å². The molecule has 1 aliphatic heterocycles. The van der Waals surface area contributed by atoms with E-state index in [1.807, 2.05) is 37.3 Å². The highest BCUT2D eigenvalue weighted by atomic mass is 32.2. The number of hydrogen-bond acceptors (Lipinski definition) is 3. The fourth-order valence-electron chi connectivity index (χ4n) is 3.32. The molecule has 0 bridgehead atoms. The van der Waals surface area contributed by atoms with E-state index in [2.05, 4.69) is 5.32 Å². The Labute approximate surface area is 155 Å². The Morgan fingerprint density at radius 1 is 1.04 bits per heavy atom. The van der Waals surface area contributed by atoms with E-state index in [1.165, 1.54) is 4.31 Å². The molecule has 2 aromatic rings. The van der Waals surface area contributed by atoms with Crippen LogP contribution in [-0.2, 0) is 14.8 Å². The number of amides is 1. The molecular formula is C20H24N2O3S. The molecule has 1 aliphatic rings. The van der Waals surface area contributed by atoms with E-state index in [4.69, 9.17) is 0 Å². The maximum atomic E-state index is 13.0. The summed E-state index contributed by atoms with van der Waals surface area (Å²) in [6, 6.07) is 17.1. The number of carbonyl (C=O) groups is 1. The molecule has 1 heterocycles. The Bertz CT molecular complexity index is 838. The van der Waals surface area contributed by atoms with Crippen molar-refractivity contribution in [3.05, 3.63) is 66.2 Å². The molecule has 0 aliphatic carbocycles. The van der Waals surface area contributed by atoms with Gasteiger partial charge in [-0.15, -0.1) is 0 Å². The number of benzene rings is 2. The van der Waals surface area contributed by atoms with Crippen molar-refractivity contribution in [2.24, 2.45) is 0 Å². The van der Waals surface area contributed by atoms with Gasteiger partial charge < -0.3 is 5.32 Å². The molecule has 1 amide bonds. The van der Waals surface area contributed by atoms with Crippen molar-refractivity contribution in [1.82, 2.24) is 9.62 Å². The predicted molar refractivity (Wildman–Crippen MR) is 101 cm³/mol. The van der Waals surface area contributed by atoms with Gasteiger partial charge in [-0.2, -0.15) is 4.31 Å². The maximum Gasteiger partial charge on any atom is 0.243 e. The average molecular weight is 372 g/mol. The molecule has 2 aromatic carbocycles. The fourth-order valence-corrected chi connectivity index (χ4v) is 4.99. The third-order valence-electron chi connectivity index (χ3n) is 4.76. The summed E-state index contributed by atoms with van der Waals surface area (Å²) in [6.07, 6.45) is 2.15. The van der Waals surface area contributed by atoms with Crippen molar-refractivity contribution < 1.29 is 13.2 Å². The van der Waals surface area contributed by atoms with E-state index in [0.29, 0.717) is 13.0 Å². The summed E-state index contributed by atoms with van der Waals surface area (Å²) in [7, 11) is -3.68. The number of carbonyl (C=O) groups excluding carboxylic acids is 1. The monoisotopic (exact) mass is 372 g/mol. The summed E-state index contributed by atoms with van der Waals surface area (Å²) in [5.41, 5.74) is 0.995. The van der Waals surface area contributed by atoms with Gasteiger partial charge in [-0.25, -0.2) is 8.42 Å². The van der Waals surface area contributed by atoms with Gasteiger partial charge in [0.1, 0.15) is 6.04 Å². The van der Waals surface area contributed by atoms with Crippen LogP contribution < -0.4 is 5.32 Å². The van der Waals surface area contributed by atoms with E-state index >= 15 is 0 Å².